The Morgan fingerprint density at radius 3 is 2.00 bits per heavy atom. The number of unbranched alkanes of at least 4 members (excludes halogenated alkanes) is 5. The highest BCUT2D eigenvalue weighted by atomic mass is 32.2. The Morgan fingerprint density at radius 2 is 1.56 bits per heavy atom. The van der Waals surface area contributed by atoms with Crippen molar-refractivity contribution in [2.75, 3.05) is 0 Å². The molecule has 0 fully saturated rings. The fraction of sp³-hybridized carbons (Fsp3) is 0.556. The third-order valence-corrected chi connectivity index (χ3v) is 4.87. The van der Waals surface area contributed by atoms with Crippen LogP contribution in [0.5, 0.6) is 5.75 Å². The molecule has 0 saturated carbocycles. The number of aryl methyl sites for hydroxylation is 1. The van der Waals surface area contributed by atoms with Crippen molar-refractivity contribution in [3.05, 3.63) is 29.8 Å². The number of hydrogen-bond acceptors (Lipinski definition) is 5. The lowest BCUT2D eigenvalue weighted by atomic mass is 10.0. The smallest absolute Gasteiger partial charge is 0.325 e. The second kappa shape index (κ2) is 13.1. The molecule has 1 atom stereocenters. The summed E-state index contributed by atoms with van der Waals surface area (Å²) in [5.41, 5.74) is 1.09. The molecule has 0 radical (unpaired) electrons. The molecule has 1 rings (SSSR count). The van der Waals surface area contributed by atoms with E-state index in [2.05, 4.69) is 6.92 Å². The van der Waals surface area contributed by atoms with Crippen LogP contribution >= 0.6 is 0 Å². The minimum atomic E-state index is -4.84. The topological polar surface area (TPSA) is 149 Å². The fourth-order valence-corrected chi connectivity index (χ4v) is 2.90. The van der Waals surface area contributed by atoms with E-state index >= 15 is 0 Å². The third kappa shape index (κ3) is 12.0. The lowest BCUT2D eigenvalue weighted by Crippen LogP contribution is -2.31. The zero-order chi connectivity index (χ0) is 20.9. The van der Waals surface area contributed by atoms with Gasteiger partial charge in [-0.15, -0.1) is 0 Å². The summed E-state index contributed by atoms with van der Waals surface area (Å²) in [6, 6.07) is 7.65. The molecule has 0 aromatic heterocycles. The summed E-state index contributed by atoms with van der Waals surface area (Å²) in [7, 11) is -4.84. The average Bonchev–Trinajstić information content (AvgIpc) is 2.56. The van der Waals surface area contributed by atoms with Gasteiger partial charge in [-0.25, -0.2) is 0 Å². The van der Waals surface area contributed by atoms with Gasteiger partial charge in [-0.2, -0.15) is 8.42 Å². The first-order valence-electron chi connectivity index (χ1n) is 8.77. The standard InChI is InChI=1S/C14H22O.C4H6O7S/c1-2-3-4-5-6-7-10-13-11-8-9-12-14(13)15;5-3(6)1-2(4(7)8)12(9,10)11/h8-9,11-12,15H,2-7,10H2,1H3;2H,1H2,(H,5,6)(H,7,8)(H,9,10,11). The van der Waals surface area contributed by atoms with Gasteiger partial charge in [-0.05, 0) is 24.5 Å². The van der Waals surface area contributed by atoms with E-state index in [1.54, 1.807) is 6.07 Å². The van der Waals surface area contributed by atoms with E-state index in [0.29, 0.717) is 5.75 Å². The number of phenolic OH excluding ortho intramolecular Hbond substituents is 1. The summed E-state index contributed by atoms with van der Waals surface area (Å²) in [6.45, 7) is 2.24. The Hall–Kier alpha value is -2.13. The molecule has 0 aliphatic rings. The van der Waals surface area contributed by atoms with Gasteiger partial charge in [0.25, 0.3) is 10.1 Å². The van der Waals surface area contributed by atoms with E-state index < -0.39 is 33.7 Å². The van der Waals surface area contributed by atoms with Gasteiger partial charge in [0, 0.05) is 0 Å². The summed E-state index contributed by atoms with van der Waals surface area (Å²) in [5.74, 6) is -3.05. The summed E-state index contributed by atoms with van der Waals surface area (Å²) < 4.78 is 28.7. The average molecular weight is 404 g/mol. The highest BCUT2D eigenvalue weighted by Gasteiger charge is 2.33. The van der Waals surface area contributed by atoms with Gasteiger partial charge < -0.3 is 15.3 Å². The normalized spacial score (nSPS) is 11.9. The molecule has 27 heavy (non-hydrogen) atoms. The van der Waals surface area contributed by atoms with Crippen LogP contribution in [0.2, 0.25) is 0 Å². The quantitative estimate of drug-likeness (QED) is 0.325. The van der Waals surface area contributed by atoms with Crippen molar-refractivity contribution in [1.29, 1.82) is 0 Å². The lowest BCUT2D eigenvalue weighted by Gasteiger charge is -2.04. The lowest BCUT2D eigenvalue weighted by molar-refractivity contribution is -0.143. The highest BCUT2D eigenvalue weighted by molar-refractivity contribution is 7.87. The monoisotopic (exact) mass is 404 g/mol. The van der Waals surface area contributed by atoms with Crippen molar-refractivity contribution in [3.63, 3.8) is 0 Å². The maximum Gasteiger partial charge on any atom is 0.325 e. The molecule has 4 N–H and O–H groups in total. The Bertz CT molecular complexity index is 684. The van der Waals surface area contributed by atoms with E-state index in [0.717, 1.165) is 12.0 Å². The molecule has 0 saturated heterocycles. The van der Waals surface area contributed by atoms with Crippen LogP contribution < -0.4 is 0 Å². The SMILES string of the molecule is CCCCCCCCc1ccccc1O.O=C(O)CC(C(=O)O)S(=O)(=O)O. The molecular weight excluding hydrogens is 376 g/mol. The summed E-state index contributed by atoms with van der Waals surface area (Å²) in [6.07, 6.45) is 7.69. The summed E-state index contributed by atoms with van der Waals surface area (Å²) >= 11 is 0. The number of carboxylic acids is 2. The first-order valence-corrected chi connectivity index (χ1v) is 10.3. The molecule has 0 amide bonds. The number of hydrogen-bond donors (Lipinski definition) is 4. The largest absolute Gasteiger partial charge is 0.508 e. The number of aliphatic carboxylic acids is 2. The molecule has 0 heterocycles. The number of phenols is 1. The first-order chi connectivity index (χ1) is 12.6. The van der Waals surface area contributed by atoms with Crippen molar-refractivity contribution >= 4 is 22.1 Å². The van der Waals surface area contributed by atoms with Crippen LogP contribution in [0.3, 0.4) is 0 Å². The zero-order valence-corrected chi connectivity index (χ0v) is 16.2. The molecule has 154 valence electrons. The zero-order valence-electron chi connectivity index (χ0n) is 15.4. The summed E-state index contributed by atoms with van der Waals surface area (Å²) in [5, 5.41) is 23.5. The molecule has 0 spiro atoms. The van der Waals surface area contributed by atoms with Crippen LogP contribution in [0.15, 0.2) is 24.3 Å². The van der Waals surface area contributed by atoms with Crippen LogP contribution in [0.25, 0.3) is 0 Å². The molecule has 1 aromatic carbocycles. The van der Waals surface area contributed by atoms with E-state index in [1.807, 2.05) is 18.2 Å². The second-order valence-electron chi connectivity index (χ2n) is 6.09. The maximum atomic E-state index is 10.2. The Labute approximate surface area is 159 Å². The Morgan fingerprint density at radius 1 is 1.00 bits per heavy atom. The fourth-order valence-electron chi connectivity index (χ4n) is 2.30. The van der Waals surface area contributed by atoms with Gasteiger partial charge in [0.2, 0.25) is 0 Å². The maximum absolute atomic E-state index is 10.2. The minimum absolute atomic E-state index is 0.450. The van der Waals surface area contributed by atoms with Crippen LogP contribution in [-0.2, 0) is 26.1 Å². The summed E-state index contributed by atoms with van der Waals surface area (Å²) in [4.78, 5) is 20.0. The second-order valence-corrected chi connectivity index (χ2v) is 7.69. The van der Waals surface area contributed by atoms with E-state index in [1.165, 1.54) is 38.5 Å². The Balaban J connectivity index is 0.000000516. The van der Waals surface area contributed by atoms with Gasteiger partial charge in [0.1, 0.15) is 5.75 Å². The minimum Gasteiger partial charge on any atom is -0.508 e. The molecule has 8 nitrogen and oxygen atoms in total. The third-order valence-electron chi connectivity index (χ3n) is 3.79. The molecular formula is C18H28O8S. The van der Waals surface area contributed by atoms with Gasteiger partial charge in [-0.1, -0.05) is 57.2 Å². The van der Waals surface area contributed by atoms with Gasteiger partial charge in [-0.3, -0.25) is 14.1 Å². The molecule has 9 heteroatoms. The van der Waals surface area contributed by atoms with Crippen LogP contribution in [0.4, 0.5) is 0 Å². The molecule has 1 unspecified atom stereocenters. The highest BCUT2D eigenvalue weighted by Crippen LogP contribution is 2.18. The van der Waals surface area contributed by atoms with Gasteiger partial charge >= 0.3 is 11.9 Å². The Kier molecular flexibility index (Phi) is 12.1. The first kappa shape index (κ1) is 24.9. The van der Waals surface area contributed by atoms with Crippen molar-refractivity contribution in [1.82, 2.24) is 0 Å². The number of para-hydroxylation sites is 1. The number of benzene rings is 1. The van der Waals surface area contributed by atoms with E-state index in [-0.39, 0.29) is 0 Å². The molecule has 0 bridgehead atoms. The molecule has 1 aromatic rings. The van der Waals surface area contributed by atoms with Crippen molar-refractivity contribution in [2.45, 2.75) is 63.5 Å². The predicted molar refractivity (Wildman–Crippen MR) is 100 cm³/mol. The van der Waals surface area contributed by atoms with Gasteiger partial charge in [0.15, 0.2) is 5.25 Å². The number of rotatable bonds is 11. The number of carbonyl (C=O) groups is 2. The molecule has 0 aliphatic carbocycles. The molecule has 0 aliphatic heterocycles. The van der Waals surface area contributed by atoms with Crippen LogP contribution in [0, 0.1) is 0 Å². The number of aromatic hydroxyl groups is 1. The predicted octanol–water partition coefficient (Wildman–Crippen LogP) is 3.10. The van der Waals surface area contributed by atoms with E-state index in [4.69, 9.17) is 14.8 Å². The van der Waals surface area contributed by atoms with Crippen molar-refractivity contribution in [2.24, 2.45) is 0 Å². The van der Waals surface area contributed by atoms with Crippen molar-refractivity contribution in [3.8, 4) is 5.75 Å². The van der Waals surface area contributed by atoms with Crippen LogP contribution in [-0.4, -0.2) is 45.5 Å². The number of carboxylic acid groups (broad SMARTS) is 2. The van der Waals surface area contributed by atoms with Gasteiger partial charge in [0.05, 0.1) is 6.42 Å². The van der Waals surface area contributed by atoms with E-state index in [9.17, 15) is 23.1 Å². The van der Waals surface area contributed by atoms with Crippen LogP contribution in [0.1, 0.15) is 57.4 Å². The van der Waals surface area contributed by atoms with Crippen molar-refractivity contribution < 1.29 is 37.9 Å².